The van der Waals surface area contributed by atoms with E-state index in [0.29, 0.717) is 6.04 Å². The van der Waals surface area contributed by atoms with E-state index < -0.39 is 0 Å². The summed E-state index contributed by atoms with van der Waals surface area (Å²) in [5.74, 6) is 1.26. The van der Waals surface area contributed by atoms with Gasteiger partial charge in [0, 0.05) is 43.5 Å². The standard InChI is InChI=1S/C16H25N5O/c1-12-14(3-2-6-18-12)20-16(22)13-4-9-21(10-5-13)15-11-17-7-8-19-15/h7-8,11-14,18H,2-6,9-10H2,1H3,(H,20,22). The Balaban J connectivity index is 1.49. The van der Waals surface area contributed by atoms with Gasteiger partial charge in [-0.15, -0.1) is 0 Å². The second-order valence-corrected chi connectivity index (χ2v) is 6.33. The average molecular weight is 303 g/mol. The first-order valence-corrected chi connectivity index (χ1v) is 8.29. The van der Waals surface area contributed by atoms with Gasteiger partial charge in [-0.05, 0) is 39.2 Å². The van der Waals surface area contributed by atoms with Crippen molar-refractivity contribution in [2.24, 2.45) is 5.92 Å². The van der Waals surface area contributed by atoms with Crippen LogP contribution in [0.3, 0.4) is 0 Å². The van der Waals surface area contributed by atoms with Crippen molar-refractivity contribution in [2.45, 2.75) is 44.7 Å². The minimum absolute atomic E-state index is 0.127. The molecule has 0 bridgehead atoms. The molecule has 6 nitrogen and oxygen atoms in total. The summed E-state index contributed by atoms with van der Waals surface area (Å²) in [5.41, 5.74) is 0. The van der Waals surface area contributed by atoms with Crippen molar-refractivity contribution in [3.8, 4) is 0 Å². The summed E-state index contributed by atoms with van der Waals surface area (Å²) in [6, 6.07) is 0.650. The molecule has 2 fully saturated rings. The predicted octanol–water partition coefficient (Wildman–Crippen LogP) is 0.950. The lowest BCUT2D eigenvalue weighted by atomic mass is 9.93. The molecule has 120 valence electrons. The Hall–Kier alpha value is -1.69. The van der Waals surface area contributed by atoms with E-state index in [1.165, 1.54) is 0 Å². The molecular weight excluding hydrogens is 278 g/mol. The van der Waals surface area contributed by atoms with Gasteiger partial charge in [-0.3, -0.25) is 9.78 Å². The van der Waals surface area contributed by atoms with Gasteiger partial charge >= 0.3 is 0 Å². The van der Waals surface area contributed by atoms with Crippen LogP contribution in [0, 0.1) is 5.92 Å². The second kappa shape index (κ2) is 7.05. The SMILES string of the molecule is CC1NCCCC1NC(=O)C1CCN(c2cnccn2)CC1. The summed E-state index contributed by atoms with van der Waals surface area (Å²) in [6.07, 6.45) is 9.18. The number of nitrogens with zero attached hydrogens (tertiary/aromatic N) is 3. The number of amides is 1. The molecule has 0 saturated carbocycles. The highest BCUT2D eigenvalue weighted by atomic mass is 16.2. The number of carbonyl (C=O) groups is 1. The molecule has 0 spiro atoms. The van der Waals surface area contributed by atoms with Crippen LogP contribution in [-0.4, -0.2) is 47.6 Å². The molecule has 0 radical (unpaired) electrons. The van der Waals surface area contributed by atoms with E-state index in [-0.39, 0.29) is 17.9 Å². The van der Waals surface area contributed by atoms with Crippen LogP contribution in [0.15, 0.2) is 18.6 Å². The summed E-state index contributed by atoms with van der Waals surface area (Å²) >= 11 is 0. The van der Waals surface area contributed by atoms with Gasteiger partial charge in [0.15, 0.2) is 0 Å². The van der Waals surface area contributed by atoms with Gasteiger partial charge in [-0.2, -0.15) is 0 Å². The van der Waals surface area contributed by atoms with Crippen LogP contribution in [-0.2, 0) is 4.79 Å². The quantitative estimate of drug-likeness (QED) is 0.870. The number of rotatable bonds is 3. The Kier molecular flexibility index (Phi) is 4.87. The fourth-order valence-electron chi connectivity index (χ4n) is 3.37. The zero-order valence-electron chi connectivity index (χ0n) is 13.2. The number of hydrogen-bond donors (Lipinski definition) is 2. The average Bonchev–Trinajstić information content (AvgIpc) is 2.58. The lowest BCUT2D eigenvalue weighted by molar-refractivity contribution is -0.126. The number of nitrogens with one attached hydrogen (secondary N) is 2. The fraction of sp³-hybridized carbons (Fsp3) is 0.688. The molecular formula is C16H25N5O. The number of carbonyl (C=O) groups excluding carboxylic acids is 1. The maximum Gasteiger partial charge on any atom is 0.223 e. The van der Waals surface area contributed by atoms with Gasteiger partial charge in [-0.1, -0.05) is 0 Å². The summed E-state index contributed by atoms with van der Waals surface area (Å²) in [6.45, 7) is 4.95. The molecule has 1 aromatic heterocycles. The summed E-state index contributed by atoms with van der Waals surface area (Å²) < 4.78 is 0. The maximum absolute atomic E-state index is 12.5. The van der Waals surface area contributed by atoms with Crippen molar-refractivity contribution in [3.63, 3.8) is 0 Å². The van der Waals surface area contributed by atoms with E-state index in [0.717, 1.165) is 51.1 Å². The number of anilines is 1. The lowest BCUT2D eigenvalue weighted by Crippen LogP contribution is -2.53. The van der Waals surface area contributed by atoms with Gasteiger partial charge in [0.1, 0.15) is 5.82 Å². The van der Waals surface area contributed by atoms with Crippen LogP contribution >= 0.6 is 0 Å². The molecule has 3 heterocycles. The Morgan fingerprint density at radius 3 is 2.82 bits per heavy atom. The Bertz CT molecular complexity index is 487. The minimum atomic E-state index is 0.127. The normalized spacial score (nSPS) is 26.7. The van der Waals surface area contributed by atoms with E-state index in [2.05, 4.69) is 32.4 Å². The highest BCUT2D eigenvalue weighted by molar-refractivity contribution is 5.79. The number of hydrogen-bond acceptors (Lipinski definition) is 5. The van der Waals surface area contributed by atoms with Crippen molar-refractivity contribution in [3.05, 3.63) is 18.6 Å². The van der Waals surface area contributed by atoms with Gasteiger partial charge in [0.25, 0.3) is 0 Å². The highest BCUT2D eigenvalue weighted by Crippen LogP contribution is 2.22. The summed E-state index contributed by atoms with van der Waals surface area (Å²) in [5, 5.41) is 6.68. The zero-order chi connectivity index (χ0) is 15.4. The monoisotopic (exact) mass is 303 g/mol. The predicted molar refractivity (Wildman–Crippen MR) is 85.6 cm³/mol. The van der Waals surface area contributed by atoms with Crippen LogP contribution in [0.25, 0.3) is 0 Å². The van der Waals surface area contributed by atoms with Gasteiger partial charge in [-0.25, -0.2) is 4.98 Å². The van der Waals surface area contributed by atoms with E-state index in [9.17, 15) is 4.79 Å². The summed E-state index contributed by atoms with van der Waals surface area (Å²) in [7, 11) is 0. The van der Waals surface area contributed by atoms with Crippen LogP contribution in [0.2, 0.25) is 0 Å². The molecule has 0 aliphatic carbocycles. The van der Waals surface area contributed by atoms with Gasteiger partial charge in [0.2, 0.25) is 5.91 Å². The van der Waals surface area contributed by atoms with Crippen molar-refractivity contribution >= 4 is 11.7 Å². The third-order valence-corrected chi connectivity index (χ3v) is 4.83. The molecule has 2 saturated heterocycles. The molecule has 1 amide bonds. The van der Waals surface area contributed by atoms with Crippen molar-refractivity contribution < 1.29 is 4.79 Å². The molecule has 6 heteroatoms. The Labute approximate surface area is 131 Å². The molecule has 2 unspecified atom stereocenters. The summed E-state index contributed by atoms with van der Waals surface area (Å²) in [4.78, 5) is 23.1. The van der Waals surface area contributed by atoms with E-state index in [1.807, 2.05) is 0 Å². The molecule has 1 aromatic rings. The molecule has 22 heavy (non-hydrogen) atoms. The first-order chi connectivity index (χ1) is 10.7. The first kappa shape index (κ1) is 15.2. The molecule has 2 aliphatic rings. The lowest BCUT2D eigenvalue weighted by Gasteiger charge is -2.35. The van der Waals surface area contributed by atoms with Crippen LogP contribution in [0.4, 0.5) is 5.82 Å². The molecule has 3 rings (SSSR count). The minimum Gasteiger partial charge on any atom is -0.355 e. The molecule has 0 aromatic carbocycles. The van der Waals surface area contributed by atoms with E-state index in [4.69, 9.17) is 0 Å². The maximum atomic E-state index is 12.5. The molecule has 2 N–H and O–H groups in total. The van der Waals surface area contributed by atoms with Crippen LogP contribution < -0.4 is 15.5 Å². The van der Waals surface area contributed by atoms with Crippen LogP contribution in [0.5, 0.6) is 0 Å². The van der Waals surface area contributed by atoms with E-state index in [1.54, 1.807) is 18.6 Å². The smallest absolute Gasteiger partial charge is 0.223 e. The Morgan fingerprint density at radius 2 is 2.14 bits per heavy atom. The second-order valence-electron chi connectivity index (χ2n) is 6.33. The number of piperidine rings is 2. The Morgan fingerprint density at radius 1 is 1.32 bits per heavy atom. The molecule has 2 atom stereocenters. The number of aromatic nitrogens is 2. The van der Waals surface area contributed by atoms with Crippen molar-refractivity contribution in [1.29, 1.82) is 0 Å². The largest absolute Gasteiger partial charge is 0.355 e. The third-order valence-electron chi connectivity index (χ3n) is 4.83. The van der Waals surface area contributed by atoms with Crippen LogP contribution in [0.1, 0.15) is 32.6 Å². The highest BCUT2D eigenvalue weighted by Gasteiger charge is 2.29. The third kappa shape index (κ3) is 3.55. The molecule has 2 aliphatic heterocycles. The van der Waals surface area contributed by atoms with Gasteiger partial charge in [0.05, 0.1) is 6.20 Å². The van der Waals surface area contributed by atoms with Gasteiger partial charge < -0.3 is 15.5 Å². The topological polar surface area (TPSA) is 70.2 Å². The fourth-order valence-corrected chi connectivity index (χ4v) is 3.37. The van der Waals surface area contributed by atoms with Crippen molar-refractivity contribution in [1.82, 2.24) is 20.6 Å². The van der Waals surface area contributed by atoms with Crippen molar-refractivity contribution in [2.75, 3.05) is 24.5 Å². The van der Waals surface area contributed by atoms with E-state index >= 15 is 0 Å². The first-order valence-electron chi connectivity index (χ1n) is 8.29. The zero-order valence-corrected chi connectivity index (χ0v) is 13.2.